The van der Waals surface area contributed by atoms with Gasteiger partial charge in [0, 0.05) is 11.8 Å². The van der Waals surface area contributed by atoms with E-state index in [1.807, 2.05) is 0 Å². The average molecular weight is 430 g/mol. The Balaban J connectivity index is 1.78. The first kappa shape index (κ1) is 21.0. The van der Waals surface area contributed by atoms with Crippen LogP contribution in [-0.4, -0.2) is 33.1 Å². The molecule has 0 atom stereocenters. The fraction of sp³-hybridized carbons (Fsp3) is 0.120. The molecule has 0 saturated heterocycles. The maximum Gasteiger partial charge on any atom is 0.282 e. The van der Waals surface area contributed by atoms with Crippen molar-refractivity contribution in [3.8, 4) is 17.2 Å². The summed E-state index contributed by atoms with van der Waals surface area (Å²) in [4.78, 5) is 28.1. The highest BCUT2D eigenvalue weighted by molar-refractivity contribution is 6.46. The predicted molar refractivity (Wildman–Crippen MR) is 122 cm³/mol. The molecule has 3 aromatic carbocycles. The molecule has 0 radical (unpaired) electrons. The van der Waals surface area contributed by atoms with E-state index in [2.05, 4.69) is 5.32 Å². The third-order valence-corrected chi connectivity index (χ3v) is 5.13. The van der Waals surface area contributed by atoms with E-state index in [9.17, 15) is 9.59 Å². The lowest BCUT2D eigenvalue weighted by Crippen LogP contribution is -2.32. The van der Waals surface area contributed by atoms with Crippen molar-refractivity contribution >= 4 is 28.8 Å². The van der Waals surface area contributed by atoms with Crippen molar-refractivity contribution in [3.05, 3.63) is 84.1 Å². The summed E-state index contributed by atoms with van der Waals surface area (Å²) in [5.41, 5.74) is 2.15. The molecule has 4 rings (SSSR count). The second kappa shape index (κ2) is 8.85. The van der Waals surface area contributed by atoms with Crippen LogP contribution in [0.5, 0.6) is 17.2 Å². The number of hydrogen-bond donors (Lipinski definition) is 1. The first-order chi connectivity index (χ1) is 15.5. The quantitative estimate of drug-likeness (QED) is 0.569. The van der Waals surface area contributed by atoms with Crippen LogP contribution in [0.3, 0.4) is 0 Å². The SMILES string of the molecule is COc1ccc(NC2=C(c3ccc(OC)cc3)C(=O)N(c3cccc(OC)c3)C2=O)cc1. The molecular weight excluding hydrogens is 408 g/mol. The number of amides is 2. The minimum Gasteiger partial charge on any atom is -0.497 e. The Labute approximate surface area is 185 Å². The molecule has 0 saturated carbocycles. The van der Waals surface area contributed by atoms with Gasteiger partial charge in [-0.05, 0) is 54.1 Å². The second-order valence-electron chi connectivity index (χ2n) is 6.98. The zero-order chi connectivity index (χ0) is 22.7. The van der Waals surface area contributed by atoms with Crippen molar-refractivity contribution in [1.29, 1.82) is 0 Å². The summed E-state index contributed by atoms with van der Waals surface area (Å²) in [6, 6.07) is 20.9. The molecule has 1 aliphatic heterocycles. The van der Waals surface area contributed by atoms with Crippen molar-refractivity contribution in [2.45, 2.75) is 0 Å². The van der Waals surface area contributed by atoms with Crippen LogP contribution in [0, 0.1) is 0 Å². The summed E-state index contributed by atoms with van der Waals surface area (Å²) in [5.74, 6) is 1.01. The van der Waals surface area contributed by atoms with E-state index in [-0.39, 0.29) is 11.3 Å². The van der Waals surface area contributed by atoms with Gasteiger partial charge in [0.15, 0.2) is 0 Å². The Morgan fingerprint density at radius 3 is 1.88 bits per heavy atom. The molecule has 0 aromatic heterocycles. The third kappa shape index (κ3) is 3.88. The largest absolute Gasteiger partial charge is 0.497 e. The highest BCUT2D eigenvalue weighted by Crippen LogP contribution is 2.35. The van der Waals surface area contributed by atoms with Gasteiger partial charge >= 0.3 is 0 Å². The van der Waals surface area contributed by atoms with Crippen LogP contribution < -0.4 is 24.4 Å². The van der Waals surface area contributed by atoms with Crippen molar-refractivity contribution in [2.75, 3.05) is 31.5 Å². The van der Waals surface area contributed by atoms with Crippen LogP contribution in [-0.2, 0) is 9.59 Å². The second-order valence-corrected chi connectivity index (χ2v) is 6.98. The van der Waals surface area contributed by atoms with Crippen molar-refractivity contribution < 1.29 is 23.8 Å². The van der Waals surface area contributed by atoms with E-state index in [0.29, 0.717) is 34.2 Å². The first-order valence-corrected chi connectivity index (χ1v) is 9.88. The Hall–Kier alpha value is -4.26. The van der Waals surface area contributed by atoms with Gasteiger partial charge in [-0.2, -0.15) is 0 Å². The van der Waals surface area contributed by atoms with Crippen molar-refractivity contribution in [3.63, 3.8) is 0 Å². The zero-order valence-corrected chi connectivity index (χ0v) is 17.9. The van der Waals surface area contributed by atoms with E-state index in [1.54, 1.807) is 87.0 Å². The topological polar surface area (TPSA) is 77.1 Å². The molecule has 0 unspecified atom stereocenters. The smallest absolute Gasteiger partial charge is 0.282 e. The summed E-state index contributed by atoms with van der Waals surface area (Å²) in [5, 5.41) is 3.13. The molecule has 32 heavy (non-hydrogen) atoms. The maximum absolute atomic E-state index is 13.5. The number of imide groups is 1. The summed E-state index contributed by atoms with van der Waals surface area (Å²) in [6.07, 6.45) is 0. The molecule has 0 fully saturated rings. The molecule has 1 N–H and O–H groups in total. The Morgan fingerprint density at radius 2 is 1.28 bits per heavy atom. The number of carbonyl (C=O) groups excluding carboxylic acids is 2. The normalized spacial score (nSPS) is 13.4. The number of hydrogen-bond acceptors (Lipinski definition) is 6. The van der Waals surface area contributed by atoms with Gasteiger partial charge in [-0.15, -0.1) is 0 Å². The van der Waals surface area contributed by atoms with Gasteiger partial charge in [0.25, 0.3) is 11.8 Å². The molecule has 7 nitrogen and oxygen atoms in total. The van der Waals surface area contributed by atoms with Gasteiger partial charge < -0.3 is 19.5 Å². The molecule has 0 aliphatic carbocycles. The van der Waals surface area contributed by atoms with Gasteiger partial charge in [-0.25, -0.2) is 4.90 Å². The van der Waals surface area contributed by atoms with Crippen molar-refractivity contribution in [2.24, 2.45) is 0 Å². The molecule has 162 valence electrons. The first-order valence-electron chi connectivity index (χ1n) is 9.88. The van der Waals surface area contributed by atoms with Crippen molar-refractivity contribution in [1.82, 2.24) is 0 Å². The lowest BCUT2D eigenvalue weighted by atomic mass is 10.0. The van der Waals surface area contributed by atoms with E-state index >= 15 is 0 Å². The monoisotopic (exact) mass is 430 g/mol. The molecule has 1 aliphatic rings. The van der Waals surface area contributed by atoms with Gasteiger partial charge in [0.1, 0.15) is 22.9 Å². The van der Waals surface area contributed by atoms with Crippen LogP contribution in [0.4, 0.5) is 11.4 Å². The molecule has 1 heterocycles. The highest BCUT2D eigenvalue weighted by Gasteiger charge is 2.40. The standard InChI is InChI=1S/C25H22N2O5/c1-30-19-11-7-16(8-12-19)22-23(26-17-9-13-20(31-2)14-10-17)25(29)27(24(22)28)18-5-4-6-21(15-18)32-3/h4-15,26H,1-3H3. The van der Waals surface area contributed by atoms with E-state index in [0.717, 1.165) is 4.90 Å². The number of carbonyl (C=O) groups is 2. The van der Waals surface area contributed by atoms with E-state index in [4.69, 9.17) is 14.2 Å². The summed E-state index contributed by atoms with van der Waals surface area (Å²) >= 11 is 0. The lowest BCUT2D eigenvalue weighted by molar-refractivity contribution is -0.120. The Bertz CT molecular complexity index is 1180. The number of nitrogens with zero attached hydrogens (tertiary/aromatic N) is 1. The van der Waals surface area contributed by atoms with Gasteiger partial charge in [0.2, 0.25) is 0 Å². The Kier molecular flexibility index (Phi) is 5.81. The maximum atomic E-state index is 13.5. The molecule has 7 heteroatoms. The molecule has 3 aromatic rings. The van der Waals surface area contributed by atoms with Crippen LogP contribution in [0.25, 0.3) is 5.57 Å². The zero-order valence-electron chi connectivity index (χ0n) is 17.9. The van der Waals surface area contributed by atoms with Crippen LogP contribution >= 0.6 is 0 Å². The minimum absolute atomic E-state index is 0.188. The summed E-state index contributed by atoms with van der Waals surface area (Å²) in [6.45, 7) is 0. The lowest BCUT2D eigenvalue weighted by Gasteiger charge is -2.16. The molecule has 2 amide bonds. The number of rotatable bonds is 7. The summed E-state index contributed by atoms with van der Waals surface area (Å²) in [7, 11) is 4.68. The summed E-state index contributed by atoms with van der Waals surface area (Å²) < 4.78 is 15.7. The predicted octanol–water partition coefficient (Wildman–Crippen LogP) is 4.11. The van der Waals surface area contributed by atoms with Gasteiger partial charge in [-0.3, -0.25) is 9.59 Å². The van der Waals surface area contributed by atoms with E-state index < -0.39 is 11.8 Å². The third-order valence-electron chi connectivity index (χ3n) is 5.13. The molecule has 0 bridgehead atoms. The fourth-order valence-electron chi connectivity index (χ4n) is 3.47. The van der Waals surface area contributed by atoms with Gasteiger partial charge in [0.05, 0.1) is 32.6 Å². The Morgan fingerprint density at radius 1 is 0.688 bits per heavy atom. The van der Waals surface area contributed by atoms with Crippen LogP contribution in [0.2, 0.25) is 0 Å². The van der Waals surface area contributed by atoms with Crippen LogP contribution in [0.15, 0.2) is 78.5 Å². The number of methoxy groups -OCH3 is 3. The number of anilines is 2. The fourth-order valence-corrected chi connectivity index (χ4v) is 3.47. The van der Waals surface area contributed by atoms with Gasteiger partial charge in [-0.1, -0.05) is 18.2 Å². The number of benzene rings is 3. The average Bonchev–Trinajstić information content (AvgIpc) is 3.08. The molecule has 0 spiro atoms. The minimum atomic E-state index is -0.454. The van der Waals surface area contributed by atoms with Crippen LogP contribution in [0.1, 0.15) is 5.56 Å². The highest BCUT2D eigenvalue weighted by atomic mass is 16.5. The van der Waals surface area contributed by atoms with E-state index in [1.165, 1.54) is 7.11 Å². The molecular formula is C25H22N2O5. The number of nitrogens with one attached hydrogen (secondary N) is 1. The number of ether oxygens (including phenoxy) is 3.